The maximum absolute atomic E-state index is 11.9. The topological polar surface area (TPSA) is 38.3 Å². The van der Waals surface area contributed by atoms with Crippen LogP contribution in [0, 0.1) is 12.3 Å². The maximum Gasteiger partial charge on any atom is 0.229 e. The number of carbonyl (C=O) groups excluding carboxylic acids is 1. The molecule has 0 bridgehead atoms. The molecule has 1 amide bonds. The Morgan fingerprint density at radius 2 is 1.38 bits per heavy atom. The Kier molecular flexibility index (Phi) is 4.32. The minimum Gasteiger partial charge on any atom is -0.457 e. The summed E-state index contributed by atoms with van der Waals surface area (Å²) in [6, 6.07) is 15.3. The molecule has 0 aliphatic heterocycles. The molecule has 0 aliphatic rings. The summed E-state index contributed by atoms with van der Waals surface area (Å²) in [4.78, 5) is 11.9. The van der Waals surface area contributed by atoms with Crippen molar-refractivity contribution in [3.63, 3.8) is 0 Å². The van der Waals surface area contributed by atoms with E-state index in [-0.39, 0.29) is 5.91 Å². The van der Waals surface area contributed by atoms with Crippen molar-refractivity contribution in [1.82, 2.24) is 0 Å². The zero-order valence-electron chi connectivity index (χ0n) is 12.9. The molecule has 0 spiro atoms. The Hall–Kier alpha value is -2.29. The molecule has 0 radical (unpaired) electrons. The van der Waals surface area contributed by atoms with Crippen molar-refractivity contribution < 1.29 is 9.53 Å². The van der Waals surface area contributed by atoms with Gasteiger partial charge in [0.05, 0.1) is 0 Å². The summed E-state index contributed by atoms with van der Waals surface area (Å²) < 4.78 is 5.75. The molecule has 2 aromatic carbocycles. The number of carbonyl (C=O) groups is 1. The van der Waals surface area contributed by atoms with Gasteiger partial charge in [0.1, 0.15) is 11.5 Å². The summed E-state index contributed by atoms with van der Waals surface area (Å²) >= 11 is 0. The van der Waals surface area contributed by atoms with E-state index in [1.165, 1.54) is 5.56 Å². The van der Waals surface area contributed by atoms with E-state index in [4.69, 9.17) is 4.74 Å². The first-order valence-corrected chi connectivity index (χ1v) is 7.01. The van der Waals surface area contributed by atoms with Crippen LogP contribution in [0.4, 0.5) is 5.69 Å². The van der Waals surface area contributed by atoms with Crippen LogP contribution in [0.25, 0.3) is 0 Å². The van der Waals surface area contributed by atoms with Gasteiger partial charge in [0, 0.05) is 11.1 Å². The first-order chi connectivity index (χ1) is 9.84. The number of anilines is 1. The van der Waals surface area contributed by atoms with Crippen LogP contribution in [0.2, 0.25) is 0 Å². The fraction of sp³-hybridized carbons (Fsp3) is 0.278. The summed E-state index contributed by atoms with van der Waals surface area (Å²) in [5, 5.41) is 2.89. The molecule has 110 valence electrons. The predicted octanol–water partition coefficient (Wildman–Crippen LogP) is 4.77. The van der Waals surface area contributed by atoms with Gasteiger partial charge in [-0.1, -0.05) is 38.5 Å². The quantitative estimate of drug-likeness (QED) is 0.881. The average Bonchev–Trinajstić information content (AvgIpc) is 2.42. The highest BCUT2D eigenvalue weighted by Crippen LogP contribution is 2.24. The Morgan fingerprint density at radius 1 is 0.905 bits per heavy atom. The number of ether oxygens (including phenoxy) is 1. The van der Waals surface area contributed by atoms with Crippen molar-refractivity contribution in [1.29, 1.82) is 0 Å². The van der Waals surface area contributed by atoms with Gasteiger partial charge >= 0.3 is 0 Å². The SMILES string of the molecule is Cc1ccc(Oc2ccc(NC(=O)C(C)(C)C)cc2)cc1. The van der Waals surface area contributed by atoms with Crippen LogP contribution in [-0.2, 0) is 4.79 Å². The van der Waals surface area contributed by atoms with Crippen molar-refractivity contribution in [3.05, 3.63) is 54.1 Å². The largest absolute Gasteiger partial charge is 0.457 e. The lowest BCUT2D eigenvalue weighted by Crippen LogP contribution is -2.27. The highest BCUT2D eigenvalue weighted by Gasteiger charge is 2.20. The van der Waals surface area contributed by atoms with Gasteiger partial charge in [-0.25, -0.2) is 0 Å². The van der Waals surface area contributed by atoms with Crippen LogP contribution in [0.15, 0.2) is 48.5 Å². The first kappa shape index (κ1) is 15.1. The summed E-state index contributed by atoms with van der Waals surface area (Å²) in [5.41, 5.74) is 1.56. The molecule has 0 heterocycles. The third kappa shape index (κ3) is 4.35. The number of rotatable bonds is 3. The van der Waals surface area contributed by atoms with E-state index in [1.54, 1.807) is 0 Å². The van der Waals surface area contributed by atoms with E-state index < -0.39 is 5.41 Å². The number of aryl methyl sites for hydroxylation is 1. The normalized spacial score (nSPS) is 11.0. The molecule has 21 heavy (non-hydrogen) atoms. The predicted molar refractivity (Wildman–Crippen MR) is 85.8 cm³/mol. The molecule has 2 aromatic rings. The molecule has 1 N–H and O–H groups in total. The Labute approximate surface area is 126 Å². The highest BCUT2D eigenvalue weighted by atomic mass is 16.5. The van der Waals surface area contributed by atoms with Gasteiger partial charge in [0.2, 0.25) is 5.91 Å². The van der Waals surface area contributed by atoms with Crippen LogP contribution in [0.5, 0.6) is 11.5 Å². The van der Waals surface area contributed by atoms with Crippen molar-refractivity contribution in [2.24, 2.45) is 5.41 Å². The summed E-state index contributed by atoms with van der Waals surface area (Å²) in [6.07, 6.45) is 0. The number of hydrogen-bond donors (Lipinski definition) is 1. The van der Waals surface area contributed by atoms with E-state index in [9.17, 15) is 4.79 Å². The first-order valence-electron chi connectivity index (χ1n) is 7.01. The van der Waals surface area contributed by atoms with Crippen LogP contribution < -0.4 is 10.1 Å². The van der Waals surface area contributed by atoms with Gasteiger partial charge in [-0.2, -0.15) is 0 Å². The van der Waals surface area contributed by atoms with Gasteiger partial charge < -0.3 is 10.1 Å². The molecule has 0 aliphatic carbocycles. The average molecular weight is 283 g/mol. The molecule has 0 unspecified atom stereocenters. The monoisotopic (exact) mass is 283 g/mol. The van der Waals surface area contributed by atoms with E-state index in [0.717, 1.165) is 17.2 Å². The minimum absolute atomic E-state index is 0.00490. The second-order valence-corrected chi connectivity index (χ2v) is 6.14. The number of hydrogen-bond acceptors (Lipinski definition) is 2. The molecule has 0 atom stereocenters. The number of benzene rings is 2. The molecule has 0 aromatic heterocycles. The molecular formula is C18H21NO2. The van der Waals surface area contributed by atoms with Crippen molar-refractivity contribution in [2.45, 2.75) is 27.7 Å². The Balaban J connectivity index is 2.02. The zero-order valence-corrected chi connectivity index (χ0v) is 12.9. The fourth-order valence-corrected chi connectivity index (χ4v) is 1.67. The van der Waals surface area contributed by atoms with Crippen molar-refractivity contribution >= 4 is 11.6 Å². The lowest BCUT2D eigenvalue weighted by Gasteiger charge is -2.17. The lowest BCUT2D eigenvalue weighted by molar-refractivity contribution is -0.123. The van der Waals surface area contributed by atoms with Crippen LogP contribution in [-0.4, -0.2) is 5.91 Å². The molecule has 0 fully saturated rings. The van der Waals surface area contributed by atoms with Gasteiger partial charge in [0.25, 0.3) is 0 Å². The highest BCUT2D eigenvalue weighted by molar-refractivity contribution is 5.94. The van der Waals surface area contributed by atoms with Crippen LogP contribution in [0.3, 0.4) is 0 Å². The third-order valence-electron chi connectivity index (χ3n) is 3.05. The van der Waals surface area contributed by atoms with Crippen LogP contribution >= 0.6 is 0 Å². The van der Waals surface area contributed by atoms with E-state index in [2.05, 4.69) is 5.32 Å². The van der Waals surface area contributed by atoms with Gasteiger partial charge in [-0.3, -0.25) is 4.79 Å². The second kappa shape index (κ2) is 6.00. The molecule has 3 heteroatoms. The Bertz CT molecular complexity index is 607. The van der Waals surface area contributed by atoms with E-state index in [1.807, 2.05) is 76.2 Å². The van der Waals surface area contributed by atoms with Crippen LogP contribution in [0.1, 0.15) is 26.3 Å². The molecular weight excluding hydrogens is 262 g/mol. The van der Waals surface area contributed by atoms with E-state index >= 15 is 0 Å². The van der Waals surface area contributed by atoms with Crippen molar-refractivity contribution in [3.8, 4) is 11.5 Å². The van der Waals surface area contributed by atoms with Gasteiger partial charge in [-0.05, 0) is 43.3 Å². The van der Waals surface area contributed by atoms with Crippen molar-refractivity contribution in [2.75, 3.05) is 5.32 Å². The smallest absolute Gasteiger partial charge is 0.229 e. The van der Waals surface area contributed by atoms with Gasteiger partial charge in [0.15, 0.2) is 0 Å². The molecule has 2 rings (SSSR count). The fourth-order valence-electron chi connectivity index (χ4n) is 1.67. The van der Waals surface area contributed by atoms with E-state index in [0.29, 0.717) is 0 Å². The number of amides is 1. The standard InChI is InChI=1S/C18H21NO2/c1-13-5-9-15(10-6-13)21-16-11-7-14(8-12-16)19-17(20)18(2,3)4/h5-12H,1-4H3,(H,19,20). The third-order valence-corrected chi connectivity index (χ3v) is 3.05. The molecule has 0 saturated heterocycles. The summed E-state index contributed by atoms with van der Waals surface area (Å²) in [6.45, 7) is 7.70. The zero-order chi connectivity index (χ0) is 15.5. The second-order valence-electron chi connectivity index (χ2n) is 6.14. The Morgan fingerprint density at radius 3 is 1.86 bits per heavy atom. The summed E-state index contributed by atoms with van der Waals surface area (Å²) in [7, 11) is 0. The molecule has 0 saturated carbocycles. The summed E-state index contributed by atoms with van der Waals surface area (Å²) in [5.74, 6) is 1.54. The lowest BCUT2D eigenvalue weighted by atomic mass is 9.95. The molecule has 3 nitrogen and oxygen atoms in total. The maximum atomic E-state index is 11.9. The number of nitrogens with one attached hydrogen (secondary N) is 1. The van der Waals surface area contributed by atoms with Gasteiger partial charge in [-0.15, -0.1) is 0 Å². The minimum atomic E-state index is -0.406.